The predicted molar refractivity (Wildman–Crippen MR) is 111 cm³/mol. The molecule has 1 fully saturated rings. The van der Waals surface area contributed by atoms with Crippen LogP contribution in [-0.2, 0) is 24.8 Å². The number of ether oxygens (including phenoxy) is 1. The second kappa shape index (κ2) is 8.83. The van der Waals surface area contributed by atoms with Crippen LogP contribution < -0.4 is 14.8 Å². The maximum Gasteiger partial charge on any atom is 0.291 e. The van der Waals surface area contributed by atoms with Crippen LogP contribution in [0, 0.1) is 0 Å². The minimum Gasteiger partial charge on any atom is -0.495 e. The van der Waals surface area contributed by atoms with E-state index in [0.29, 0.717) is 24.4 Å². The number of benzene rings is 1. The number of rotatable bonds is 8. The molecule has 0 radical (unpaired) electrons. The topological polar surface area (TPSA) is 148 Å². The standard InChI is InChI=1S/C16H21N5O6S3/c1-3-14(22)17-15-18-19-16(28-15)29(23,24)20-12-10-11(6-7-13(12)27-2)30(25,26)21-8-4-5-9-21/h6-7,10,20H,3-5,8-9H2,1-2H3,(H,17,18,22). The summed E-state index contributed by atoms with van der Waals surface area (Å²) in [6, 6.07) is 3.96. The SMILES string of the molecule is CCC(=O)Nc1nnc(S(=O)(=O)Nc2cc(S(=O)(=O)N3CCCC3)ccc2OC)s1. The average Bonchev–Trinajstić information content (AvgIpc) is 3.40. The first-order chi connectivity index (χ1) is 14.2. The summed E-state index contributed by atoms with van der Waals surface area (Å²) in [7, 11) is -6.60. The minimum absolute atomic E-state index is 0.0413. The molecule has 0 bridgehead atoms. The molecule has 1 amide bonds. The molecule has 2 aromatic rings. The van der Waals surface area contributed by atoms with Crippen LogP contribution in [0.4, 0.5) is 10.8 Å². The summed E-state index contributed by atoms with van der Waals surface area (Å²) in [5.41, 5.74) is -0.0490. The molecule has 0 atom stereocenters. The van der Waals surface area contributed by atoms with Crippen molar-refractivity contribution in [3.05, 3.63) is 18.2 Å². The second-order valence-corrected chi connectivity index (χ2v) is 11.1. The number of amides is 1. The van der Waals surface area contributed by atoms with E-state index in [0.717, 1.165) is 12.8 Å². The Morgan fingerprint density at radius 1 is 1.20 bits per heavy atom. The van der Waals surface area contributed by atoms with E-state index in [2.05, 4.69) is 20.2 Å². The quantitative estimate of drug-likeness (QED) is 0.546. The fourth-order valence-corrected chi connectivity index (χ4v) is 6.29. The lowest BCUT2D eigenvalue weighted by molar-refractivity contribution is -0.115. The van der Waals surface area contributed by atoms with Crippen molar-refractivity contribution in [2.45, 2.75) is 35.4 Å². The van der Waals surface area contributed by atoms with Gasteiger partial charge in [-0.15, -0.1) is 10.2 Å². The maximum atomic E-state index is 12.8. The third kappa shape index (κ3) is 4.71. The fourth-order valence-electron chi connectivity index (χ4n) is 2.77. The zero-order chi connectivity index (χ0) is 21.9. The average molecular weight is 476 g/mol. The number of nitrogens with one attached hydrogen (secondary N) is 2. The van der Waals surface area contributed by atoms with E-state index in [1.54, 1.807) is 6.92 Å². The molecule has 0 spiro atoms. The van der Waals surface area contributed by atoms with Gasteiger partial charge in [0.25, 0.3) is 14.4 Å². The summed E-state index contributed by atoms with van der Waals surface area (Å²) in [6.45, 7) is 2.49. The number of hydrogen-bond acceptors (Lipinski definition) is 9. The molecule has 3 rings (SSSR count). The zero-order valence-corrected chi connectivity index (χ0v) is 18.7. The van der Waals surface area contributed by atoms with Gasteiger partial charge in [0.15, 0.2) is 0 Å². The summed E-state index contributed by atoms with van der Waals surface area (Å²) in [5, 5.41) is 9.72. The number of carbonyl (C=O) groups is 1. The predicted octanol–water partition coefficient (Wildman–Crippen LogP) is 1.48. The Morgan fingerprint density at radius 2 is 1.90 bits per heavy atom. The van der Waals surface area contributed by atoms with E-state index < -0.39 is 20.0 Å². The lowest BCUT2D eigenvalue weighted by atomic mass is 10.3. The molecule has 11 nitrogen and oxygen atoms in total. The lowest BCUT2D eigenvalue weighted by Gasteiger charge is -2.17. The summed E-state index contributed by atoms with van der Waals surface area (Å²) in [6.07, 6.45) is 1.76. The first-order valence-electron chi connectivity index (χ1n) is 9.01. The van der Waals surface area contributed by atoms with Gasteiger partial charge in [-0.2, -0.15) is 12.7 Å². The Morgan fingerprint density at radius 3 is 2.53 bits per heavy atom. The van der Waals surface area contributed by atoms with E-state index in [9.17, 15) is 21.6 Å². The van der Waals surface area contributed by atoms with Crippen LogP contribution in [0.3, 0.4) is 0 Å². The summed E-state index contributed by atoms with van der Waals surface area (Å²) >= 11 is 0.674. The van der Waals surface area contributed by atoms with Crippen molar-refractivity contribution in [2.75, 3.05) is 30.2 Å². The van der Waals surface area contributed by atoms with Crippen LogP contribution in [0.15, 0.2) is 27.4 Å². The number of aromatic nitrogens is 2. The smallest absolute Gasteiger partial charge is 0.291 e. The third-order valence-electron chi connectivity index (χ3n) is 4.32. The van der Waals surface area contributed by atoms with Crippen molar-refractivity contribution < 1.29 is 26.4 Å². The Kier molecular flexibility index (Phi) is 6.59. The van der Waals surface area contributed by atoms with Crippen molar-refractivity contribution in [2.24, 2.45) is 0 Å². The maximum absolute atomic E-state index is 12.8. The molecule has 1 aromatic heterocycles. The Hall–Kier alpha value is -2.29. The van der Waals surface area contributed by atoms with Gasteiger partial charge >= 0.3 is 0 Å². The highest BCUT2D eigenvalue weighted by Crippen LogP contribution is 2.32. The molecule has 2 N–H and O–H groups in total. The van der Waals surface area contributed by atoms with Gasteiger partial charge in [-0.05, 0) is 31.0 Å². The number of nitrogens with zero attached hydrogens (tertiary/aromatic N) is 3. The summed E-state index contributed by atoms with van der Waals surface area (Å²) < 4.78 is 59.5. The van der Waals surface area contributed by atoms with Crippen molar-refractivity contribution >= 4 is 48.1 Å². The highest BCUT2D eigenvalue weighted by atomic mass is 32.2. The Labute approximate surface area is 178 Å². The van der Waals surface area contributed by atoms with Crippen LogP contribution in [0.5, 0.6) is 5.75 Å². The van der Waals surface area contributed by atoms with Crippen LogP contribution in [0.2, 0.25) is 0 Å². The zero-order valence-electron chi connectivity index (χ0n) is 16.3. The Bertz CT molecular complexity index is 1140. The number of carbonyl (C=O) groups excluding carboxylic acids is 1. The van der Waals surface area contributed by atoms with Crippen LogP contribution in [-0.4, -0.2) is 57.4 Å². The number of hydrogen-bond donors (Lipinski definition) is 2. The molecular weight excluding hydrogens is 454 g/mol. The molecule has 0 aliphatic carbocycles. The molecule has 164 valence electrons. The minimum atomic E-state index is -4.19. The van der Waals surface area contributed by atoms with Gasteiger partial charge in [0.1, 0.15) is 5.75 Å². The molecule has 0 unspecified atom stereocenters. The molecule has 2 heterocycles. The normalized spacial score (nSPS) is 15.1. The van der Waals surface area contributed by atoms with Gasteiger partial charge in [0.2, 0.25) is 21.1 Å². The van der Waals surface area contributed by atoms with E-state index in [1.807, 2.05) is 0 Å². The van der Waals surface area contributed by atoms with Crippen molar-refractivity contribution in [1.29, 1.82) is 0 Å². The third-order valence-corrected chi connectivity index (χ3v) is 8.79. The fraction of sp³-hybridized carbons (Fsp3) is 0.438. The molecule has 0 saturated carbocycles. The number of sulfonamides is 2. The first kappa shape index (κ1) is 22.4. The van der Waals surface area contributed by atoms with E-state index in [1.165, 1.54) is 29.6 Å². The second-order valence-electron chi connectivity index (χ2n) is 6.35. The monoisotopic (exact) mass is 475 g/mol. The molecule has 1 saturated heterocycles. The first-order valence-corrected chi connectivity index (χ1v) is 12.8. The van der Waals surface area contributed by atoms with Crippen molar-refractivity contribution in [3.8, 4) is 5.75 Å². The van der Waals surface area contributed by atoms with E-state index >= 15 is 0 Å². The van der Waals surface area contributed by atoms with Crippen LogP contribution in [0.1, 0.15) is 26.2 Å². The molecular formula is C16H21N5O6S3. The van der Waals surface area contributed by atoms with E-state index in [4.69, 9.17) is 4.74 Å². The van der Waals surface area contributed by atoms with Crippen molar-refractivity contribution in [1.82, 2.24) is 14.5 Å². The van der Waals surface area contributed by atoms with Crippen molar-refractivity contribution in [3.63, 3.8) is 0 Å². The van der Waals surface area contributed by atoms with Gasteiger partial charge in [-0.3, -0.25) is 9.52 Å². The molecule has 30 heavy (non-hydrogen) atoms. The highest BCUT2D eigenvalue weighted by Gasteiger charge is 2.29. The molecule has 1 aliphatic heterocycles. The van der Waals surface area contributed by atoms with E-state index in [-0.39, 0.29) is 38.1 Å². The molecule has 1 aliphatic rings. The van der Waals surface area contributed by atoms with Crippen LogP contribution in [0.25, 0.3) is 0 Å². The van der Waals surface area contributed by atoms with Gasteiger partial charge < -0.3 is 10.1 Å². The molecule has 14 heteroatoms. The lowest BCUT2D eigenvalue weighted by Crippen LogP contribution is -2.28. The Balaban J connectivity index is 1.90. The number of methoxy groups -OCH3 is 1. The summed E-state index contributed by atoms with van der Waals surface area (Å²) in [5.74, 6) is -0.187. The molecule has 1 aromatic carbocycles. The van der Waals surface area contributed by atoms with Gasteiger partial charge in [0.05, 0.1) is 17.7 Å². The summed E-state index contributed by atoms with van der Waals surface area (Å²) in [4.78, 5) is 11.4. The van der Waals surface area contributed by atoms with Crippen LogP contribution >= 0.6 is 11.3 Å². The highest BCUT2D eigenvalue weighted by molar-refractivity contribution is 7.94. The largest absolute Gasteiger partial charge is 0.495 e. The van der Waals surface area contributed by atoms with Gasteiger partial charge in [-0.25, -0.2) is 8.42 Å². The number of anilines is 2. The van der Waals surface area contributed by atoms with Gasteiger partial charge in [0, 0.05) is 19.5 Å². The van der Waals surface area contributed by atoms with Gasteiger partial charge in [-0.1, -0.05) is 18.3 Å².